The molecule has 0 saturated carbocycles. The Morgan fingerprint density at radius 1 is 1.21 bits per heavy atom. The van der Waals surface area contributed by atoms with Crippen LogP contribution >= 0.6 is 0 Å². The van der Waals surface area contributed by atoms with E-state index >= 15 is 0 Å². The summed E-state index contributed by atoms with van der Waals surface area (Å²) in [6, 6.07) is 3.21. The van der Waals surface area contributed by atoms with Crippen LogP contribution in [0.3, 0.4) is 0 Å². The van der Waals surface area contributed by atoms with Gasteiger partial charge in [0.25, 0.3) is 0 Å². The second-order valence-corrected chi connectivity index (χ2v) is 5.01. The van der Waals surface area contributed by atoms with Crippen molar-refractivity contribution in [2.24, 2.45) is 11.7 Å². The quantitative estimate of drug-likeness (QED) is 0.907. The van der Waals surface area contributed by atoms with Gasteiger partial charge in [0, 0.05) is 19.2 Å². The average molecular weight is 268 g/mol. The maximum atomic E-state index is 13.0. The number of likely N-dealkylation sites (tertiary alicyclic amines) is 1. The maximum Gasteiger partial charge on any atom is 0.226 e. The van der Waals surface area contributed by atoms with E-state index in [1.165, 1.54) is 12.1 Å². The van der Waals surface area contributed by atoms with Crippen LogP contribution in [0.5, 0.6) is 0 Å². The number of rotatable bonds is 3. The second-order valence-electron chi connectivity index (χ2n) is 5.01. The van der Waals surface area contributed by atoms with Crippen molar-refractivity contribution in [1.29, 1.82) is 0 Å². The standard InChI is InChI=1S/C14H18F2N2O/c15-12-5-11(6-13(16)8-12)7-14(19)18-3-1-10(9-17)2-4-18/h5-6,8,10H,1-4,7,9,17H2. The fraction of sp³-hybridized carbons (Fsp3) is 0.500. The summed E-state index contributed by atoms with van der Waals surface area (Å²) in [7, 11) is 0. The minimum Gasteiger partial charge on any atom is -0.342 e. The van der Waals surface area contributed by atoms with Crippen molar-refractivity contribution in [2.45, 2.75) is 19.3 Å². The van der Waals surface area contributed by atoms with E-state index in [0.717, 1.165) is 18.9 Å². The fourth-order valence-electron chi connectivity index (χ4n) is 2.42. The van der Waals surface area contributed by atoms with Gasteiger partial charge in [-0.2, -0.15) is 0 Å². The molecule has 1 amide bonds. The zero-order valence-electron chi connectivity index (χ0n) is 10.7. The normalized spacial score (nSPS) is 16.7. The number of hydrogen-bond acceptors (Lipinski definition) is 2. The van der Waals surface area contributed by atoms with Crippen LogP contribution in [0, 0.1) is 17.6 Å². The molecule has 2 N–H and O–H groups in total. The van der Waals surface area contributed by atoms with Gasteiger partial charge in [0.2, 0.25) is 5.91 Å². The third-order valence-electron chi connectivity index (χ3n) is 3.58. The lowest BCUT2D eigenvalue weighted by molar-refractivity contribution is -0.131. The van der Waals surface area contributed by atoms with Gasteiger partial charge >= 0.3 is 0 Å². The summed E-state index contributed by atoms with van der Waals surface area (Å²) in [6.07, 6.45) is 1.85. The predicted octanol–water partition coefficient (Wildman–Crippen LogP) is 1.70. The molecule has 0 radical (unpaired) electrons. The zero-order chi connectivity index (χ0) is 13.8. The molecular formula is C14H18F2N2O. The van der Waals surface area contributed by atoms with Gasteiger partial charge in [0.05, 0.1) is 6.42 Å². The Hall–Kier alpha value is -1.49. The van der Waals surface area contributed by atoms with Crippen molar-refractivity contribution in [1.82, 2.24) is 4.90 Å². The van der Waals surface area contributed by atoms with Crippen molar-refractivity contribution in [3.63, 3.8) is 0 Å². The molecule has 19 heavy (non-hydrogen) atoms. The number of hydrogen-bond donors (Lipinski definition) is 1. The van der Waals surface area contributed by atoms with E-state index in [0.29, 0.717) is 31.1 Å². The van der Waals surface area contributed by atoms with E-state index in [1.807, 2.05) is 0 Å². The van der Waals surface area contributed by atoms with Crippen molar-refractivity contribution < 1.29 is 13.6 Å². The molecule has 1 fully saturated rings. The molecule has 1 aliphatic rings. The first kappa shape index (κ1) is 13.9. The minimum atomic E-state index is -0.648. The molecule has 0 atom stereocenters. The lowest BCUT2D eigenvalue weighted by Gasteiger charge is -2.31. The van der Waals surface area contributed by atoms with E-state index < -0.39 is 11.6 Å². The van der Waals surface area contributed by atoms with Crippen molar-refractivity contribution >= 4 is 5.91 Å². The Balaban J connectivity index is 1.94. The van der Waals surface area contributed by atoms with Crippen LogP contribution in [0.1, 0.15) is 18.4 Å². The molecule has 104 valence electrons. The van der Waals surface area contributed by atoms with Crippen LogP contribution in [0.2, 0.25) is 0 Å². The first-order valence-corrected chi connectivity index (χ1v) is 6.51. The number of benzene rings is 1. The molecule has 0 unspecified atom stereocenters. The topological polar surface area (TPSA) is 46.3 Å². The van der Waals surface area contributed by atoms with E-state index in [2.05, 4.69) is 0 Å². The minimum absolute atomic E-state index is 0.0436. The molecule has 2 rings (SSSR count). The molecule has 0 aliphatic carbocycles. The molecule has 5 heteroatoms. The summed E-state index contributed by atoms with van der Waals surface area (Å²) in [5.41, 5.74) is 5.97. The number of nitrogens with zero attached hydrogens (tertiary/aromatic N) is 1. The van der Waals surface area contributed by atoms with E-state index in [-0.39, 0.29) is 12.3 Å². The average Bonchev–Trinajstić information content (AvgIpc) is 2.37. The smallest absolute Gasteiger partial charge is 0.226 e. The summed E-state index contributed by atoms with van der Waals surface area (Å²) in [5.74, 6) is -0.898. The van der Waals surface area contributed by atoms with Crippen LogP contribution in [0.4, 0.5) is 8.78 Å². The van der Waals surface area contributed by atoms with Gasteiger partial charge in [-0.1, -0.05) is 0 Å². The van der Waals surface area contributed by atoms with Gasteiger partial charge in [-0.3, -0.25) is 4.79 Å². The summed E-state index contributed by atoms with van der Waals surface area (Å²) in [6.45, 7) is 2.01. The van der Waals surface area contributed by atoms with Crippen molar-refractivity contribution in [3.8, 4) is 0 Å². The third kappa shape index (κ3) is 3.73. The van der Waals surface area contributed by atoms with Gasteiger partial charge in [-0.05, 0) is 43.0 Å². The molecule has 1 heterocycles. The Labute approximate surface area is 111 Å². The van der Waals surface area contributed by atoms with Gasteiger partial charge in [-0.15, -0.1) is 0 Å². The summed E-state index contributed by atoms with van der Waals surface area (Å²) >= 11 is 0. The zero-order valence-corrected chi connectivity index (χ0v) is 10.7. The highest BCUT2D eigenvalue weighted by Crippen LogP contribution is 2.17. The van der Waals surface area contributed by atoms with Gasteiger partial charge in [-0.25, -0.2) is 8.78 Å². The Bertz CT molecular complexity index is 437. The monoisotopic (exact) mass is 268 g/mol. The molecule has 0 spiro atoms. The predicted molar refractivity (Wildman–Crippen MR) is 68.4 cm³/mol. The van der Waals surface area contributed by atoms with Gasteiger partial charge in [0.1, 0.15) is 11.6 Å². The lowest BCUT2D eigenvalue weighted by atomic mass is 9.96. The molecular weight excluding hydrogens is 250 g/mol. The SMILES string of the molecule is NCC1CCN(C(=O)Cc2cc(F)cc(F)c2)CC1. The summed E-state index contributed by atoms with van der Waals surface area (Å²) in [5, 5.41) is 0. The first-order chi connectivity index (χ1) is 9.08. The lowest BCUT2D eigenvalue weighted by Crippen LogP contribution is -2.40. The molecule has 1 aromatic rings. The number of piperidine rings is 1. The Kier molecular flexibility index (Phi) is 4.47. The van der Waals surface area contributed by atoms with Crippen LogP contribution in [-0.2, 0) is 11.2 Å². The molecule has 3 nitrogen and oxygen atoms in total. The summed E-state index contributed by atoms with van der Waals surface area (Å²) < 4.78 is 26.1. The Morgan fingerprint density at radius 2 is 1.79 bits per heavy atom. The highest BCUT2D eigenvalue weighted by molar-refractivity contribution is 5.78. The molecule has 1 saturated heterocycles. The number of amides is 1. The number of carbonyl (C=O) groups is 1. The third-order valence-corrected chi connectivity index (χ3v) is 3.58. The summed E-state index contributed by atoms with van der Waals surface area (Å²) in [4.78, 5) is 13.8. The van der Waals surface area contributed by atoms with Crippen LogP contribution < -0.4 is 5.73 Å². The van der Waals surface area contributed by atoms with Gasteiger partial charge < -0.3 is 10.6 Å². The molecule has 0 bridgehead atoms. The van der Waals surface area contributed by atoms with Crippen LogP contribution in [0.15, 0.2) is 18.2 Å². The Morgan fingerprint density at radius 3 is 2.32 bits per heavy atom. The largest absolute Gasteiger partial charge is 0.342 e. The van der Waals surface area contributed by atoms with Crippen molar-refractivity contribution in [2.75, 3.05) is 19.6 Å². The fourth-order valence-corrected chi connectivity index (χ4v) is 2.42. The molecule has 1 aliphatic heterocycles. The second kappa shape index (κ2) is 6.10. The first-order valence-electron chi connectivity index (χ1n) is 6.51. The molecule has 0 aromatic heterocycles. The van der Waals surface area contributed by atoms with E-state index in [1.54, 1.807) is 4.90 Å². The van der Waals surface area contributed by atoms with E-state index in [9.17, 15) is 13.6 Å². The van der Waals surface area contributed by atoms with Crippen LogP contribution in [-0.4, -0.2) is 30.4 Å². The van der Waals surface area contributed by atoms with Gasteiger partial charge in [0.15, 0.2) is 0 Å². The highest BCUT2D eigenvalue weighted by atomic mass is 19.1. The van der Waals surface area contributed by atoms with E-state index in [4.69, 9.17) is 5.73 Å². The van der Waals surface area contributed by atoms with Crippen molar-refractivity contribution in [3.05, 3.63) is 35.4 Å². The number of halogens is 2. The number of nitrogens with two attached hydrogens (primary N) is 1. The highest BCUT2D eigenvalue weighted by Gasteiger charge is 2.22. The van der Waals surface area contributed by atoms with Crippen LogP contribution in [0.25, 0.3) is 0 Å². The molecule has 1 aromatic carbocycles. The number of carbonyl (C=O) groups excluding carboxylic acids is 1. The maximum absolute atomic E-state index is 13.0.